The Morgan fingerprint density at radius 2 is 2.14 bits per heavy atom. The van der Waals surface area contributed by atoms with Gasteiger partial charge in [-0.1, -0.05) is 13.0 Å². The van der Waals surface area contributed by atoms with Crippen molar-refractivity contribution >= 4 is 17.5 Å². The fourth-order valence-corrected chi connectivity index (χ4v) is 2.72. The van der Waals surface area contributed by atoms with Crippen LogP contribution in [-0.2, 0) is 16.0 Å². The van der Waals surface area contributed by atoms with Gasteiger partial charge in [0.25, 0.3) is 0 Å². The van der Waals surface area contributed by atoms with Crippen LogP contribution in [0.1, 0.15) is 49.8 Å². The first-order valence-electron chi connectivity index (χ1n) is 7.54. The smallest absolute Gasteiger partial charge is 0.239 e. The van der Waals surface area contributed by atoms with E-state index in [-0.39, 0.29) is 24.4 Å². The molecule has 5 heteroatoms. The number of nitrogens with one attached hydrogen (secondary N) is 2. The van der Waals surface area contributed by atoms with E-state index in [1.165, 1.54) is 5.56 Å². The minimum absolute atomic E-state index is 0.0185. The number of hydrogen-bond donors (Lipinski definition) is 3. The van der Waals surface area contributed by atoms with Crippen LogP contribution in [0, 0.1) is 0 Å². The summed E-state index contributed by atoms with van der Waals surface area (Å²) in [5.41, 5.74) is 8.91. The van der Waals surface area contributed by atoms with Crippen molar-refractivity contribution < 1.29 is 9.59 Å². The van der Waals surface area contributed by atoms with Crippen molar-refractivity contribution in [2.24, 2.45) is 0 Å². The lowest BCUT2D eigenvalue weighted by Crippen LogP contribution is -2.39. The standard InChI is InChI=1S/C16H23N3O2/c1-2-4-15(20)18-10-16(21)19-14-6-3-5-11-9-12(17)7-8-13(11)14/h7-9,14H,2-6,10,17H2,1H3,(H,18,20)(H,19,21). The van der Waals surface area contributed by atoms with Gasteiger partial charge in [-0.15, -0.1) is 0 Å². The summed E-state index contributed by atoms with van der Waals surface area (Å²) in [5, 5.41) is 5.63. The highest BCUT2D eigenvalue weighted by molar-refractivity contribution is 5.84. The predicted molar refractivity (Wildman–Crippen MR) is 82.6 cm³/mol. The van der Waals surface area contributed by atoms with Gasteiger partial charge in [0.2, 0.25) is 11.8 Å². The van der Waals surface area contributed by atoms with Gasteiger partial charge in [0.15, 0.2) is 0 Å². The number of amides is 2. The highest BCUT2D eigenvalue weighted by Gasteiger charge is 2.21. The minimum atomic E-state index is -0.144. The maximum atomic E-state index is 11.9. The number of nitrogen functional groups attached to an aromatic ring is 1. The maximum absolute atomic E-state index is 11.9. The average Bonchev–Trinajstić information content (AvgIpc) is 2.45. The number of anilines is 1. The molecule has 0 aliphatic heterocycles. The number of fused-ring (bicyclic) bond motifs is 1. The Morgan fingerprint density at radius 1 is 1.33 bits per heavy atom. The summed E-state index contributed by atoms with van der Waals surface area (Å²) in [6, 6.07) is 5.86. The molecule has 4 N–H and O–H groups in total. The Kier molecular flexibility index (Phi) is 5.20. The summed E-state index contributed by atoms with van der Waals surface area (Å²) in [6.45, 7) is 1.98. The Bertz CT molecular complexity index is 528. The first kappa shape index (κ1) is 15.4. The summed E-state index contributed by atoms with van der Waals surface area (Å²) in [4.78, 5) is 23.3. The van der Waals surface area contributed by atoms with Crippen LogP contribution in [0.5, 0.6) is 0 Å². The van der Waals surface area contributed by atoms with E-state index in [1.54, 1.807) is 0 Å². The quantitative estimate of drug-likeness (QED) is 0.721. The Hall–Kier alpha value is -2.04. The number of aryl methyl sites for hydroxylation is 1. The molecule has 1 unspecified atom stereocenters. The fourth-order valence-electron chi connectivity index (χ4n) is 2.72. The first-order valence-corrected chi connectivity index (χ1v) is 7.54. The van der Waals surface area contributed by atoms with Crippen LogP contribution in [0.4, 0.5) is 5.69 Å². The molecular formula is C16H23N3O2. The molecule has 0 fully saturated rings. The van der Waals surface area contributed by atoms with Crippen molar-refractivity contribution in [1.82, 2.24) is 10.6 Å². The van der Waals surface area contributed by atoms with Crippen LogP contribution in [0.15, 0.2) is 18.2 Å². The third kappa shape index (κ3) is 4.21. The van der Waals surface area contributed by atoms with E-state index in [0.29, 0.717) is 6.42 Å². The summed E-state index contributed by atoms with van der Waals surface area (Å²) >= 11 is 0. The van der Waals surface area contributed by atoms with Crippen molar-refractivity contribution in [2.75, 3.05) is 12.3 Å². The highest BCUT2D eigenvalue weighted by atomic mass is 16.2. The van der Waals surface area contributed by atoms with E-state index in [1.807, 2.05) is 25.1 Å². The van der Waals surface area contributed by atoms with E-state index in [9.17, 15) is 9.59 Å². The van der Waals surface area contributed by atoms with Crippen molar-refractivity contribution in [1.29, 1.82) is 0 Å². The number of hydrogen-bond acceptors (Lipinski definition) is 3. The van der Waals surface area contributed by atoms with Gasteiger partial charge in [0.1, 0.15) is 0 Å². The zero-order chi connectivity index (χ0) is 15.2. The zero-order valence-electron chi connectivity index (χ0n) is 12.4. The summed E-state index contributed by atoms with van der Waals surface area (Å²) < 4.78 is 0. The molecule has 1 aliphatic rings. The van der Waals surface area contributed by atoms with Crippen LogP contribution in [0.3, 0.4) is 0 Å². The Morgan fingerprint density at radius 3 is 2.90 bits per heavy atom. The van der Waals surface area contributed by atoms with Crippen molar-refractivity contribution in [3.8, 4) is 0 Å². The molecular weight excluding hydrogens is 266 g/mol. The Balaban J connectivity index is 1.92. The van der Waals surface area contributed by atoms with Crippen LogP contribution < -0.4 is 16.4 Å². The van der Waals surface area contributed by atoms with E-state index in [0.717, 1.165) is 36.9 Å². The second-order valence-electron chi connectivity index (χ2n) is 5.50. The predicted octanol–water partition coefficient (Wildman–Crippen LogP) is 1.68. The van der Waals surface area contributed by atoms with Crippen molar-refractivity contribution in [2.45, 2.75) is 45.1 Å². The molecule has 0 spiro atoms. The Labute approximate surface area is 125 Å². The fraction of sp³-hybridized carbons (Fsp3) is 0.500. The molecule has 2 amide bonds. The first-order chi connectivity index (χ1) is 10.1. The van der Waals surface area contributed by atoms with Crippen LogP contribution in [0.25, 0.3) is 0 Å². The normalized spacial score (nSPS) is 16.9. The second-order valence-corrected chi connectivity index (χ2v) is 5.50. The second kappa shape index (κ2) is 7.11. The highest BCUT2D eigenvalue weighted by Crippen LogP contribution is 2.30. The summed E-state index contributed by atoms with van der Waals surface area (Å²) in [6.07, 6.45) is 4.19. The zero-order valence-corrected chi connectivity index (χ0v) is 12.4. The molecule has 1 aromatic carbocycles. The van der Waals surface area contributed by atoms with E-state index in [4.69, 9.17) is 5.73 Å². The third-order valence-corrected chi connectivity index (χ3v) is 3.74. The average molecular weight is 289 g/mol. The minimum Gasteiger partial charge on any atom is -0.399 e. The third-order valence-electron chi connectivity index (χ3n) is 3.74. The molecule has 0 aromatic heterocycles. The molecule has 21 heavy (non-hydrogen) atoms. The number of carbonyl (C=O) groups is 2. The van der Waals surface area contributed by atoms with E-state index < -0.39 is 0 Å². The molecule has 0 radical (unpaired) electrons. The molecule has 1 aromatic rings. The summed E-state index contributed by atoms with van der Waals surface area (Å²) in [5.74, 6) is -0.224. The van der Waals surface area contributed by atoms with Gasteiger partial charge in [-0.05, 0) is 48.9 Å². The monoisotopic (exact) mass is 289 g/mol. The topological polar surface area (TPSA) is 84.2 Å². The van der Waals surface area contributed by atoms with Gasteiger partial charge in [0, 0.05) is 12.1 Å². The lowest BCUT2D eigenvalue weighted by molar-refractivity contribution is -0.126. The van der Waals surface area contributed by atoms with Crippen LogP contribution >= 0.6 is 0 Å². The van der Waals surface area contributed by atoms with Gasteiger partial charge >= 0.3 is 0 Å². The maximum Gasteiger partial charge on any atom is 0.239 e. The van der Waals surface area contributed by atoms with Crippen LogP contribution in [-0.4, -0.2) is 18.4 Å². The molecule has 114 valence electrons. The molecule has 1 aliphatic carbocycles. The molecule has 0 saturated carbocycles. The lowest BCUT2D eigenvalue weighted by Gasteiger charge is -2.26. The molecule has 0 heterocycles. The van der Waals surface area contributed by atoms with Gasteiger partial charge < -0.3 is 16.4 Å². The molecule has 0 saturated heterocycles. The SMILES string of the molecule is CCCC(=O)NCC(=O)NC1CCCc2cc(N)ccc21. The molecule has 5 nitrogen and oxygen atoms in total. The molecule has 2 rings (SSSR count). The van der Waals surface area contributed by atoms with Gasteiger partial charge in [-0.2, -0.15) is 0 Å². The number of nitrogens with two attached hydrogens (primary N) is 1. The summed E-state index contributed by atoms with van der Waals surface area (Å²) in [7, 11) is 0. The lowest BCUT2D eigenvalue weighted by atomic mass is 9.87. The van der Waals surface area contributed by atoms with Crippen molar-refractivity contribution in [3.63, 3.8) is 0 Å². The number of carbonyl (C=O) groups excluding carboxylic acids is 2. The van der Waals surface area contributed by atoms with Gasteiger partial charge in [0.05, 0.1) is 12.6 Å². The molecule has 1 atom stereocenters. The molecule has 0 bridgehead atoms. The van der Waals surface area contributed by atoms with Gasteiger partial charge in [-0.25, -0.2) is 0 Å². The van der Waals surface area contributed by atoms with E-state index >= 15 is 0 Å². The number of rotatable bonds is 5. The van der Waals surface area contributed by atoms with E-state index in [2.05, 4.69) is 10.6 Å². The van der Waals surface area contributed by atoms with Crippen molar-refractivity contribution in [3.05, 3.63) is 29.3 Å². The largest absolute Gasteiger partial charge is 0.399 e. The number of benzene rings is 1. The van der Waals surface area contributed by atoms with Gasteiger partial charge in [-0.3, -0.25) is 9.59 Å². The van der Waals surface area contributed by atoms with Crippen LogP contribution in [0.2, 0.25) is 0 Å².